The predicted octanol–water partition coefficient (Wildman–Crippen LogP) is 5.03. The Labute approximate surface area is 126 Å². The Balaban J connectivity index is 2.33. The largest absolute Gasteiger partial charge is 0.354 e. The molecular formula is C17H14BrNO. The van der Waals surface area contributed by atoms with E-state index in [1.807, 2.05) is 31.2 Å². The van der Waals surface area contributed by atoms with Gasteiger partial charge in [0.15, 0.2) is 6.29 Å². The van der Waals surface area contributed by atoms with Crippen molar-refractivity contribution in [3.8, 4) is 11.3 Å². The van der Waals surface area contributed by atoms with Gasteiger partial charge >= 0.3 is 0 Å². The van der Waals surface area contributed by atoms with Gasteiger partial charge in [0.2, 0.25) is 0 Å². The van der Waals surface area contributed by atoms with Crippen molar-refractivity contribution in [2.24, 2.45) is 0 Å². The number of nitrogens with one attached hydrogen (secondary N) is 1. The van der Waals surface area contributed by atoms with Gasteiger partial charge in [0, 0.05) is 20.9 Å². The van der Waals surface area contributed by atoms with Crippen LogP contribution in [0.3, 0.4) is 0 Å². The van der Waals surface area contributed by atoms with Crippen LogP contribution in [0.1, 0.15) is 21.5 Å². The lowest BCUT2D eigenvalue weighted by Gasteiger charge is -2.00. The van der Waals surface area contributed by atoms with Crippen molar-refractivity contribution < 1.29 is 4.79 Å². The quantitative estimate of drug-likeness (QED) is 0.658. The zero-order valence-electron chi connectivity index (χ0n) is 11.3. The average molecular weight is 328 g/mol. The van der Waals surface area contributed by atoms with Crippen LogP contribution in [0.15, 0.2) is 40.9 Å². The number of carbonyl (C=O) groups is 1. The van der Waals surface area contributed by atoms with E-state index in [9.17, 15) is 4.79 Å². The molecule has 0 aliphatic rings. The first-order chi connectivity index (χ1) is 9.60. The number of aryl methyl sites for hydroxylation is 2. The minimum Gasteiger partial charge on any atom is -0.354 e. The molecule has 3 rings (SSSR count). The average Bonchev–Trinajstić information content (AvgIpc) is 2.78. The van der Waals surface area contributed by atoms with Crippen LogP contribution in [-0.4, -0.2) is 11.3 Å². The first-order valence-corrected chi connectivity index (χ1v) is 7.23. The zero-order valence-corrected chi connectivity index (χ0v) is 12.9. The molecule has 0 saturated carbocycles. The fraction of sp³-hybridized carbons (Fsp3) is 0.118. The Kier molecular flexibility index (Phi) is 3.22. The first kappa shape index (κ1) is 13.1. The highest BCUT2D eigenvalue weighted by molar-refractivity contribution is 9.10. The van der Waals surface area contributed by atoms with Crippen LogP contribution >= 0.6 is 15.9 Å². The number of aromatic amines is 1. The maximum atomic E-state index is 11.5. The fourth-order valence-electron chi connectivity index (χ4n) is 2.64. The van der Waals surface area contributed by atoms with Crippen LogP contribution in [0.2, 0.25) is 0 Å². The van der Waals surface area contributed by atoms with E-state index in [1.54, 1.807) is 0 Å². The maximum Gasteiger partial charge on any atom is 0.152 e. The Hall–Kier alpha value is -1.87. The van der Waals surface area contributed by atoms with Gasteiger partial charge in [0.1, 0.15) is 0 Å². The second kappa shape index (κ2) is 4.91. The zero-order chi connectivity index (χ0) is 14.3. The van der Waals surface area contributed by atoms with Crippen molar-refractivity contribution in [3.63, 3.8) is 0 Å². The summed E-state index contributed by atoms with van der Waals surface area (Å²) in [6, 6.07) is 12.2. The number of fused-ring (bicyclic) bond motifs is 1. The molecule has 0 aliphatic carbocycles. The molecule has 0 saturated heterocycles. The lowest BCUT2D eigenvalue weighted by Crippen LogP contribution is -1.84. The van der Waals surface area contributed by atoms with Crippen molar-refractivity contribution in [2.45, 2.75) is 13.8 Å². The van der Waals surface area contributed by atoms with Gasteiger partial charge in [-0.3, -0.25) is 4.79 Å². The Bertz CT molecular complexity index is 800. The minimum atomic E-state index is 0.731. The molecule has 3 heteroatoms. The van der Waals surface area contributed by atoms with Crippen LogP contribution in [0.25, 0.3) is 22.2 Å². The van der Waals surface area contributed by atoms with Crippen LogP contribution in [0, 0.1) is 13.8 Å². The summed E-state index contributed by atoms with van der Waals surface area (Å²) in [5.74, 6) is 0. The highest BCUT2D eigenvalue weighted by Gasteiger charge is 2.14. The molecule has 0 spiro atoms. The molecule has 1 aromatic heterocycles. The molecule has 3 aromatic rings. The minimum absolute atomic E-state index is 0.731. The van der Waals surface area contributed by atoms with Crippen molar-refractivity contribution in [1.29, 1.82) is 0 Å². The molecule has 1 N–H and O–H groups in total. The summed E-state index contributed by atoms with van der Waals surface area (Å²) < 4.78 is 1.03. The van der Waals surface area contributed by atoms with Crippen LogP contribution in [0.5, 0.6) is 0 Å². The third-order valence-electron chi connectivity index (χ3n) is 3.54. The Morgan fingerprint density at radius 1 is 1.10 bits per heavy atom. The van der Waals surface area contributed by atoms with Crippen LogP contribution < -0.4 is 0 Å². The van der Waals surface area contributed by atoms with Gasteiger partial charge in [-0.05, 0) is 43.2 Å². The Morgan fingerprint density at radius 3 is 2.45 bits per heavy atom. The standard InChI is InChI=1S/C17H14BrNO/c1-10-7-11(2)16-14(8-10)15(9-20)17(19-16)12-3-5-13(18)6-4-12/h3-9,19H,1-2H3. The van der Waals surface area contributed by atoms with E-state index in [-0.39, 0.29) is 0 Å². The summed E-state index contributed by atoms with van der Waals surface area (Å²) in [6.07, 6.45) is 0.940. The number of benzene rings is 2. The summed E-state index contributed by atoms with van der Waals surface area (Å²) in [5, 5.41) is 0.996. The van der Waals surface area contributed by atoms with E-state index < -0.39 is 0 Å². The smallest absolute Gasteiger partial charge is 0.152 e. The fourth-order valence-corrected chi connectivity index (χ4v) is 2.90. The first-order valence-electron chi connectivity index (χ1n) is 6.44. The molecule has 0 unspecified atom stereocenters. The van der Waals surface area contributed by atoms with Crippen LogP contribution in [0.4, 0.5) is 0 Å². The molecular weight excluding hydrogens is 314 g/mol. The lowest BCUT2D eigenvalue weighted by atomic mass is 10.0. The predicted molar refractivity (Wildman–Crippen MR) is 86.3 cm³/mol. The molecule has 0 aliphatic heterocycles. The van der Waals surface area contributed by atoms with E-state index in [1.165, 1.54) is 5.56 Å². The van der Waals surface area contributed by atoms with Crippen molar-refractivity contribution in [3.05, 3.63) is 57.6 Å². The number of aldehydes is 1. The molecule has 100 valence electrons. The topological polar surface area (TPSA) is 32.9 Å². The number of aromatic nitrogens is 1. The van der Waals surface area contributed by atoms with Crippen LogP contribution in [-0.2, 0) is 0 Å². The van der Waals surface area contributed by atoms with E-state index >= 15 is 0 Å². The third kappa shape index (κ3) is 2.08. The lowest BCUT2D eigenvalue weighted by molar-refractivity contribution is 0.112. The number of carbonyl (C=O) groups excluding carboxylic acids is 1. The molecule has 2 nitrogen and oxygen atoms in total. The third-order valence-corrected chi connectivity index (χ3v) is 4.07. The van der Waals surface area contributed by atoms with E-state index in [4.69, 9.17) is 0 Å². The van der Waals surface area contributed by atoms with Gasteiger partial charge in [-0.25, -0.2) is 0 Å². The van der Waals surface area contributed by atoms with Gasteiger partial charge < -0.3 is 4.98 Å². The SMILES string of the molecule is Cc1cc(C)c2[nH]c(-c3ccc(Br)cc3)c(C=O)c2c1. The highest BCUT2D eigenvalue weighted by Crippen LogP contribution is 2.32. The molecule has 0 atom stereocenters. The summed E-state index contributed by atoms with van der Waals surface area (Å²) in [7, 11) is 0. The second-order valence-corrected chi connectivity index (χ2v) is 5.96. The second-order valence-electron chi connectivity index (χ2n) is 5.04. The molecule has 1 heterocycles. The molecule has 0 amide bonds. The summed E-state index contributed by atoms with van der Waals surface area (Å²) in [4.78, 5) is 14.9. The van der Waals surface area contributed by atoms with Crippen molar-refractivity contribution in [2.75, 3.05) is 0 Å². The molecule has 0 fully saturated rings. The molecule has 2 aromatic carbocycles. The van der Waals surface area contributed by atoms with Gasteiger partial charge in [0.05, 0.1) is 5.69 Å². The van der Waals surface area contributed by atoms with Gasteiger partial charge in [-0.2, -0.15) is 0 Å². The Morgan fingerprint density at radius 2 is 1.80 bits per heavy atom. The number of H-pyrrole nitrogens is 1. The maximum absolute atomic E-state index is 11.5. The number of hydrogen-bond donors (Lipinski definition) is 1. The monoisotopic (exact) mass is 327 g/mol. The number of rotatable bonds is 2. The van der Waals surface area contributed by atoms with E-state index in [0.29, 0.717) is 0 Å². The summed E-state index contributed by atoms with van der Waals surface area (Å²) in [5.41, 5.74) is 6.00. The normalized spacial score (nSPS) is 10.9. The summed E-state index contributed by atoms with van der Waals surface area (Å²) >= 11 is 3.43. The molecule has 20 heavy (non-hydrogen) atoms. The number of hydrogen-bond acceptors (Lipinski definition) is 1. The highest BCUT2D eigenvalue weighted by atomic mass is 79.9. The van der Waals surface area contributed by atoms with Crippen molar-refractivity contribution >= 4 is 33.1 Å². The van der Waals surface area contributed by atoms with Gasteiger partial charge in [-0.15, -0.1) is 0 Å². The van der Waals surface area contributed by atoms with Gasteiger partial charge in [0.25, 0.3) is 0 Å². The number of halogens is 1. The van der Waals surface area contributed by atoms with E-state index in [0.717, 1.165) is 44.0 Å². The molecule has 0 bridgehead atoms. The van der Waals surface area contributed by atoms with Crippen molar-refractivity contribution in [1.82, 2.24) is 4.98 Å². The molecule has 0 radical (unpaired) electrons. The summed E-state index contributed by atoms with van der Waals surface area (Å²) in [6.45, 7) is 4.11. The van der Waals surface area contributed by atoms with E-state index in [2.05, 4.69) is 40.0 Å². The van der Waals surface area contributed by atoms with Gasteiger partial charge in [-0.1, -0.05) is 39.7 Å².